The molecule has 0 atom stereocenters. The highest BCUT2D eigenvalue weighted by molar-refractivity contribution is 5.70. The van der Waals surface area contributed by atoms with Crippen LogP contribution in [0.1, 0.15) is 5.56 Å². The van der Waals surface area contributed by atoms with Gasteiger partial charge in [0.25, 0.3) is 0 Å². The average Bonchev–Trinajstić information content (AvgIpc) is 3.35. The first-order chi connectivity index (χ1) is 19.1. The molecule has 0 bridgehead atoms. The number of rotatable bonds is 8. The van der Waals surface area contributed by atoms with Crippen molar-refractivity contribution in [3.63, 3.8) is 0 Å². The lowest BCUT2D eigenvalue weighted by molar-refractivity contribution is 0.191. The summed E-state index contributed by atoms with van der Waals surface area (Å²) in [5, 5.41) is 11.6. The molecule has 198 valence electrons. The lowest BCUT2D eigenvalue weighted by Gasteiger charge is -2.26. The molecule has 0 radical (unpaired) electrons. The highest BCUT2D eigenvalue weighted by Crippen LogP contribution is 2.22. The lowest BCUT2D eigenvalue weighted by Crippen LogP contribution is -2.44. The molecule has 0 unspecified atom stereocenters. The smallest absolute Gasteiger partial charge is 0.221 e. The zero-order valence-corrected chi connectivity index (χ0v) is 21.0. The van der Waals surface area contributed by atoms with Crippen molar-refractivity contribution in [1.29, 1.82) is 0 Å². The number of halogens is 2. The van der Waals surface area contributed by atoms with Crippen LogP contribution in [0.25, 0.3) is 33.9 Å². The summed E-state index contributed by atoms with van der Waals surface area (Å²) >= 11 is 0. The van der Waals surface area contributed by atoms with E-state index < -0.39 is 11.6 Å². The summed E-state index contributed by atoms with van der Waals surface area (Å²) in [5.41, 5.74) is 3.10. The van der Waals surface area contributed by atoms with Crippen molar-refractivity contribution < 1.29 is 13.5 Å². The van der Waals surface area contributed by atoms with Crippen LogP contribution in [-0.2, 0) is 6.54 Å². The average molecular weight is 530 g/mol. The van der Waals surface area contributed by atoms with Gasteiger partial charge in [0.1, 0.15) is 18.2 Å². The fraction of sp³-hybridized carbons (Fsp3) is 0.259. The fourth-order valence-electron chi connectivity index (χ4n) is 4.45. The molecule has 0 amide bonds. The number of piperazine rings is 1. The Hall–Kier alpha value is -4.42. The van der Waals surface area contributed by atoms with Gasteiger partial charge in [0.15, 0.2) is 17.2 Å². The van der Waals surface area contributed by atoms with Crippen LogP contribution in [0.15, 0.2) is 61.1 Å². The first-order valence-electron chi connectivity index (χ1n) is 12.6. The molecule has 1 aliphatic rings. The van der Waals surface area contributed by atoms with Gasteiger partial charge in [-0.3, -0.25) is 4.90 Å². The van der Waals surface area contributed by atoms with E-state index >= 15 is 0 Å². The number of ether oxygens (including phenoxy) is 1. The van der Waals surface area contributed by atoms with Crippen molar-refractivity contribution in [2.45, 2.75) is 6.54 Å². The molecule has 10 nitrogen and oxygen atoms in total. The Morgan fingerprint density at radius 1 is 0.897 bits per heavy atom. The lowest BCUT2D eigenvalue weighted by atomic mass is 10.1. The van der Waals surface area contributed by atoms with Crippen LogP contribution in [0.2, 0.25) is 0 Å². The van der Waals surface area contributed by atoms with Crippen molar-refractivity contribution >= 4 is 11.3 Å². The molecule has 2 aromatic carbocycles. The highest BCUT2D eigenvalue weighted by atomic mass is 19.1. The van der Waals surface area contributed by atoms with Gasteiger partial charge >= 0.3 is 0 Å². The predicted molar refractivity (Wildman–Crippen MR) is 140 cm³/mol. The van der Waals surface area contributed by atoms with Crippen LogP contribution < -0.4 is 10.1 Å². The molecule has 4 heterocycles. The Morgan fingerprint density at radius 2 is 1.69 bits per heavy atom. The minimum Gasteiger partial charge on any atom is -0.489 e. The molecular weight excluding hydrogens is 504 g/mol. The standard InChI is InChI=1S/C27H25F2N9O/c28-21-11-20(12-22(29)13-21)24-16-33-26-27(34-24)38(36-35-26)17-18-2-1-3-19(10-18)25-31-14-23(15-32-25)39-9-8-37-6-4-30-5-7-37/h1-3,10-16,30H,4-9,17H2. The molecule has 1 fully saturated rings. The van der Waals surface area contributed by atoms with Gasteiger partial charge < -0.3 is 10.1 Å². The fourth-order valence-corrected chi connectivity index (χ4v) is 4.45. The van der Waals surface area contributed by atoms with E-state index in [4.69, 9.17) is 4.74 Å². The maximum absolute atomic E-state index is 13.7. The zero-order chi connectivity index (χ0) is 26.6. The number of nitrogens with one attached hydrogen (secondary N) is 1. The predicted octanol–water partition coefficient (Wildman–Crippen LogP) is 2.96. The molecule has 0 spiro atoms. The van der Waals surface area contributed by atoms with Crippen molar-refractivity contribution in [2.75, 3.05) is 39.3 Å². The molecular formula is C27H25F2N9O. The van der Waals surface area contributed by atoms with E-state index in [0.29, 0.717) is 41.7 Å². The van der Waals surface area contributed by atoms with Crippen LogP contribution in [0.3, 0.4) is 0 Å². The molecule has 6 rings (SSSR count). The number of hydrogen-bond acceptors (Lipinski definition) is 9. The van der Waals surface area contributed by atoms with Crippen LogP contribution in [0.4, 0.5) is 8.78 Å². The second kappa shape index (κ2) is 11.1. The highest BCUT2D eigenvalue weighted by Gasteiger charge is 2.13. The van der Waals surface area contributed by atoms with Gasteiger partial charge in [0.2, 0.25) is 5.65 Å². The van der Waals surface area contributed by atoms with Crippen LogP contribution >= 0.6 is 0 Å². The topological polar surface area (TPSA) is 107 Å². The first kappa shape index (κ1) is 24.9. The third-order valence-electron chi connectivity index (χ3n) is 6.42. The van der Waals surface area contributed by atoms with Gasteiger partial charge in [-0.1, -0.05) is 23.4 Å². The Labute approximate surface area is 222 Å². The molecule has 12 heteroatoms. The number of benzene rings is 2. The SMILES string of the molecule is Fc1cc(F)cc(-c2cnc3nnn(Cc4cccc(-c5ncc(OCCN6CCNCC6)cn5)c4)c3n2)c1. The van der Waals surface area contributed by atoms with E-state index in [1.54, 1.807) is 17.1 Å². The summed E-state index contributed by atoms with van der Waals surface area (Å²) in [6, 6.07) is 11.0. The van der Waals surface area contributed by atoms with Gasteiger partial charge in [0, 0.05) is 49.9 Å². The zero-order valence-electron chi connectivity index (χ0n) is 21.0. The molecule has 3 aromatic heterocycles. The van der Waals surface area contributed by atoms with Crippen molar-refractivity contribution in [3.8, 4) is 28.4 Å². The molecule has 0 aliphatic carbocycles. The largest absolute Gasteiger partial charge is 0.489 e. The summed E-state index contributed by atoms with van der Waals surface area (Å²) in [7, 11) is 0. The van der Waals surface area contributed by atoms with E-state index in [1.807, 2.05) is 24.3 Å². The normalized spacial score (nSPS) is 14.1. The van der Waals surface area contributed by atoms with Gasteiger partial charge in [-0.05, 0) is 23.8 Å². The van der Waals surface area contributed by atoms with E-state index in [1.165, 1.54) is 18.3 Å². The maximum Gasteiger partial charge on any atom is 0.221 e. The monoisotopic (exact) mass is 529 g/mol. The second-order valence-corrected chi connectivity index (χ2v) is 9.19. The van der Waals surface area contributed by atoms with Crippen LogP contribution in [0.5, 0.6) is 5.75 Å². The number of aromatic nitrogens is 7. The summed E-state index contributed by atoms with van der Waals surface area (Å²) in [6.07, 6.45) is 4.79. The summed E-state index contributed by atoms with van der Waals surface area (Å²) < 4.78 is 34.9. The molecule has 1 saturated heterocycles. The minimum atomic E-state index is -0.688. The quantitative estimate of drug-likeness (QED) is 0.325. The Kier molecular flexibility index (Phi) is 7.11. The number of hydrogen-bond donors (Lipinski definition) is 1. The Morgan fingerprint density at radius 3 is 2.49 bits per heavy atom. The van der Waals surface area contributed by atoms with Gasteiger partial charge in [-0.15, -0.1) is 5.10 Å². The van der Waals surface area contributed by atoms with Gasteiger partial charge in [-0.25, -0.2) is 33.4 Å². The summed E-state index contributed by atoms with van der Waals surface area (Å²) in [4.78, 5) is 20.1. The van der Waals surface area contributed by atoms with Gasteiger partial charge in [0.05, 0.1) is 30.8 Å². The number of nitrogens with zero attached hydrogens (tertiary/aromatic N) is 8. The molecule has 1 aliphatic heterocycles. The molecule has 0 saturated carbocycles. The van der Waals surface area contributed by atoms with E-state index in [9.17, 15) is 8.78 Å². The van der Waals surface area contributed by atoms with E-state index in [-0.39, 0.29) is 5.56 Å². The third-order valence-corrected chi connectivity index (χ3v) is 6.42. The molecule has 5 aromatic rings. The second-order valence-electron chi connectivity index (χ2n) is 9.19. The van der Waals surface area contributed by atoms with E-state index in [2.05, 4.69) is 40.5 Å². The third kappa shape index (κ3) is 5.86. The van der Waals surface area contributed by atoms with E-state index in [0.717, 1.165) is 49.9 Å². The summed E-state index contributed by atoms with van der Waals surface area (Å²) in [6.45, 7) is 5.88. The van der Waals surface area contributed by atoms with Crippen molar-refractivity contribution in [1.82, 2.24) is 45.1 Å². The van der Waals surface area contributed by atoms with Gasteiger partial charge in [-0.2, -0.15) is 0 Å². The van der Waals surface area contributed by atoms with Crippen molar-refractivity contribution in [3.05, 3.63) is 78.3 Å². The first-order valence-corrected chi connectivity index (χ1v) is 12.6. The van der Waals surface area contributed by atoms with Crippen LogP contribution in [0, 0.1) is 11.6 Å². The maximum atomic E-state index is 13.7. The van der Waals surface area contributed by atoms with Crippen LogP contribution in [-0.4, -0.2) is 79.2 Å². The molecule has 39 heavy (non-hydrogen) atoms. The number of fused-ring (bicyclic) bond motifs is 1. The Bertz CT molecular complexity index is 1570. The summed E-state index contributed by atoms with van der Waals surface area (Å²) in [5.74, 6) is -0.170. The minimum absolute atomic E-state index is 0.282. The van der Waals surface area contributed by atoms with Crippen molar-refractivity contribution in [2.24, 2.45) is 0 Å². The molecule has 1 N–H and O–H groups in total. The Balaban J connectivity index is 1.16.